The Bertz CT molecular complexity index is 284. The van der Waals surface area contributed by atoms with Gasteiger partial charge in [0.2, 0.25) is 5.91 Å². The fraction of sp³-hybridized carbons (Fsp3) is 0.833. The van der Waals surface area contributed by atoms with Gasteiger partial charge in [0.05, 0.1) is 13.0 Å². The summed E-state index contributed by atoms with van der Waals surface area (Å²) in [4.78, 5) is 22.6. The summed E-state index contributed by atoms with van der Waals surface area (Å²) in [7, 11) is 0. The molecule has 0 unspecified atom stereocenters. The molecule has 1 aliphatic carbocycles. The number of hydrogen-bond donors (Lipinski definition) is 3. The molecule has 1 amide bonds. The zero-order chi connectivity index (χ0) is 12.9. The lowest BCUT2D eigenvalue weighted by molar-refractivity contribution is -0.140. The van der Waals surface area contributed by atoms with Crippen LogP contribution in [0.2, 0.25) is 0 Å². The van der Waals surface area contributed by atoms with Gasteiger partial charge in [-0.3, -0.25) is 9.59 Å². The van der Waals surface area contributed by atoms with Crippen molar-refractivity contribution in [3.05, 3.63) is 0 Å². The average Bonchev–Trinajstić information content (AvgIpc) is 2.64. The summed E-state index contributed by atoms with van der Waals surface area (Å²) in [5, 5.41) is 20.4. The van der Waals surface area contributed by atoms with Crippen LogP contribution < -0.4 is 5.32 Å². The second kappa shape index (κ2) is 6.00. The van der Waals surface area contributed by atoms with Gasteiger partial charge in [-0.15, -0.1) is 0 Å². The van der Waals surface area contributed by atoms with Crippen LogP contribution in [0, 0.1) is 5.41 Å². The molecule has 0 saturated heterocycles. The zero-order valence-corrected chi connectivity index (χ0v) is 10.2. The van der Waals surface area contributed by atoms with Crippen molar-refractivity contribution in [2.24, 2.45) is 5.41 Å². The Kier molecular flexibility index (Phi) is 4.93. The third-order valence-corrected chi connectivity index (χ3v) is 3.41. The highest BCUT2D eigenvalue weighted by molar-refractivity contribution is 5.78. The highest BCUT2D eigenvalue weighted by Gasteiger charge is 2.38. The number of carboxylic acid groups (broad SMARTS) is 1. The normalized spacial score (nSPS) is 19.9. The minimum absolute atomic E-state index is 0.0634. The Labute approximate surface area is 101 Å². The maximum absolute atomic E-state index is 11.7. The first-order chi connectivity index (χ1) is 7.97. The highest BCUT2D eigenvalue weighted by Crippen LogP contribution is 2.43. The monoisotopic (exact) mass is 243 g/mol. The molecular formula is C12H21NO4. The molecule has 0 heterocycles. The van der Waals surface area contributed by atoms with Crippen molar-refractivity contribution >= 4 is 11.9 Å². The SMILES string of the molecule is C[C@@H](CO)NC(=O)CC1(CC(=O)O)CCCC1. The van der Waals surface area contributed by atoms with E-state index in [0.29, 0.717) is 0 Å². The van der Waals surface area contributed by atoms with Crippen molar-refractivity contribution in [1.82, 2.24) is 5.32 Å². The van der Waals surface area contributed by atoms with Crippen molar-refractivity contribution in [3.8, 4) is 0 Å². The van der Waals surface area contributed by atoms with Gasteiger partial charge in [-0.2, -0.15) is 0 Å². The molecule has 0 aromatic rings. The molecule has 0 aliphatic heterocycles. The summed E-state index contributed by atoms with van der Waals surface area (Å²) in [6.07, 6.45) is 3.92. The summed E-state index contributed by atoms with van der Waals surface area (Å²) >= 11 is 0. The van der Waals surface area contributed by atoms with Gasteiger partial charge in [-0.25, -0.2) is 0 Å². The standard InChI is InChI=1S/C12H21NO4/c1-9(8-14)13-10(15)6-12(7-11(16)17)4-2-3-5-12/h9,14H,2-8H2,1H3,(H,13,15)(H,16,17)/t9-/m0/s1. The first kappa shape index (κ1) is 14.0. The molecule has 0 aromatic heterocycles. The minimum atomic E-state index is -0.838. The molecule has 17 heavy (non-hydrogen) atoms. The average molecular weight is 243 g/mol. The van der Waals surface area contributed by atoms with Gasteiger partial charge in [0.15, 0.2) is 0 Å². The van der Waals surface area contributed by atoms with Crippen LogP contribution >= 0.6 is 0 Å². The van der Waals surface area contributed by atoms with Gasteiger partial charge in [-0.1, -0.05) is 12.8 Å². The summed E-state index contributed by atoms with van der Waals surface area (Å²) in [6.45, 7) is 1.62. The van der Waals surface area contributed by atoms with E-state index in [2.05, 4.69) is 5.32 Å². The van der Waals surface area contributed by atoms with E-state index in [9.17, 15) is 9.59 Å². The van der Waals surface area contributed by atoms with Gasteiger partial charge in [0, 0.05) is 12.5 Å². The highest BCUT2D eigenvalue weighted by atomic mass is 16.4. The summed E-state index contributed by atoms with van der Waals surface area (Å²) in [5.74, 6) is -0.996. The number of nitrogens with one attached hydrogen (secondary N) is 1. The predicted octanol–water partition coefficient (Wildman–Crippen LogP) is 0.909. The molecule has 0 bridgehead atoms. The number of carbonyl (C=O) groups excluding carboxylic acids is 1. The van der Waals surface area contributed by atoms with E-state index >= 15 is 0 Å². The number of rotatable bonds is 6. The topological polar surface area (TPSA) is 86.6 Å². The number of amides is 1. The van der Waals surface area contributed by atoms with Gasteiger partial charge in [-0.05, 0) is 25.2 Å². The van der Waals surface area contributed by atoms with E-state index in [1.165, 1.54) is 0 Å². The smallest absolute Gasteiger partial charge is 0.303 e. The molecule has 0 spiro atoms. The Hall–Kier alpha value is -1.10. The lowest BCUT2D eigenvalue weighted by Crippen LogP contribution is -2.38. The van der Waals surface area contributed by atoms with Crippen molar-refractivity contribution in [2.45, 2.75) is 51.5 Å². The molecule has 1 aliphatic rings. The molecule has 0 aromatic carbocycles. The van der Waals surface area contributed by atoms with E-state index in [1.807, 2.05) is 0 Å². The summed E-state index contributed by atoms with van der Waals surface area (Å²) in [6, 6.07) is -0.272. The molecule has 0 radical (unpaired) electrons. The van der Waals surface area contributed by atoms with Gasteiger partial charge >= 0.3 is 5.97 Å². The number of aliphatic hydroxyl groups excluding tert-OH is 1. The van der Waals surface area contributed by atoms with Crippen LogP contribution in [0.3, 0.4) is 0 Å². The van der Waals surface area contributed by atoms with E-state index in [0.717, 1.165) is 25.7 Å². The van der Waals surface area contributed by atoms with Crippen molar-refractivity contribution in [2.75, 3.05) is 6.61 Å². The predicted molar refractivity (Wildman–Crippen MR) is 62.5 cm³/mol. The molecule has 98 valence electrons. The van der Waals surface area contributed by atoms with Crippen LogP contribution in [0.5, 0.6) is 0 Å². The largest absolute Gasteiger partial charge is 0.481 e. The van der Waals surface area contributed by atoms with Crippen LogP contribution in [0.15, 0.2) is 0 Å². The lowest BCUT2D eigenvalue weighted by atomic mass is 9.79. The molecule has 1 atom stereocenters. The number of hydrogen-bond acceptors (Lipinski definition) is 3. The summed E-state index contributed by atoms with van der Waals surface area (Å²) < 4.78 is 0. The number of aliphatic carboxylic acids is 1. The van der Waals surface area contributed by atoms with Gasteiger partial charge < -0.3 is 15.5 Å². The Morgan fingerprint density at radius 2 is 1.88 bits per heavy atom. The summed E-state index contributed by atoms with van der Waals surface area (Å²) in [5.41, 5.74) is -0.370. The van der Waals surface area contributed by atoms with Crippen molar-refractivity contribution < 1.29 is 19.8 Å². The number of carboxylic acids is 1. The van der Waals surface area contributed by atoms with Crippen LogP contribution in [0.4, 0.5) is 0 Å². The quantitative estimate of drug-likeness (QED) is 0.647. The molecule has 1 rings (SSSR count). The third kappa shape index (κ3) is 4.34. The van der Waals surface area contributed by atoms with Gasteiger partial charge in [0.25, 0.3) is 0 Å². The zero-order valence-electron chi connectivity index (χ0n) is 10.2. The van der Waals surface area contributed by atoms with E-state index < -0.39 is 5.97 Å². The second-order valence-electron chi connectivity index (χ2n) is 5.11. The first-order valence-electron chi connectivity index (χ1n) is 6.09. The van der Waals surface area contributed by atoms with Crippen molar-refractivity contribution in [1.29, 1.82) is 0 Å². The number of aliphatic hydroxyl groups is 1. The van der Waals surface area contributed by atoms with E-state index in [1.54, 1.807) is 6.92 Å². The number of carbonyl (C=O) groups is 2. The molecule has 5 nitrogen and oxygen atoms in total. The fourth-order valence-electron chi connectivity index (χ4n) is 2.57. The van der Waals surface area contributed by atoms with Gasteiger partial charge in [0.1, 0.15) is 0 Å². The second-order valence-corrected chi connectivity index (χ2v) is 5.11. The molecule has 3 N–H and O–H groups in total. The Morgan fingerprint density at radius 1 is 1.29 bits per heavy atom. The van der Waals surface area contributed by atoms with Crippen molar-refractivity contribution in [3.63, 3.8) is 0 Å². The molecule has 5 heteroatoms. The van der Waals surface area contributed by atoms with Crippen LogP contribution in [0.25, 0.3) is 0 Å². The Balaban J connectivity index is 2.54. The fourth-order valence-corrected chi connectivity index (χ4v) is 2.57. The lowest BCUT2D eigenvalue weighted by Gasteiger charge is -2.27. The molecular weight excluding hydrogens is 222 g/mol. The maximum atomic E-state index is 11.7. The minimum Gasteiger partial charge on any atom is -0.481 e. The molecule has 1 fully saturated rings. The van der Waals surface area contributed by atoms with E-state index in [4.69, 9.17) is 10.2 Å². The maximum Gasteiger partial charge on any atom is 0.303 e. The van der Waals surface area contributed by atoms with E-state index in [-0.39, 0.29) is 36.8 Å². The Morgan fingerprint density at radius 3 is 2.35 bits per heavy atom. The van der Waals surface area contributed by atoms with Crippen LogP contribution in [0.1, 0.15) is 45.4 Å². The van der Waals surface area contributed by atoms with Crippen LogP contribution in [-0.2, 0) is 9.59 Å². The third-order valence-electron chi connectivity index (χ3n) is 3.41. The molecule has 1 saturated carbocycles. The van der Waals surface area contributed by atoms with Crippen LogP contribution in [-0.4, -0.2) is 34.7 Å². The first-order valence-corrected chi connectivity index (χ1v) is 6.09.